The van der Waals surface area contributed by atoms with Crippen molar-refractivity contribution in [2.45, 2.75) is 25.4 Å². The van der Waals surface area contributed by atoms with E-state index in [1.54, 1.807) is 6.20 Å². The number of carbonyl (C=O) groups excluding carboxylic acids is 1. The van der Waals surface area contributed by atoms with Crippen LogP contribution < -0.4 is 4.90 Å². The van der Waals surface area contributed by atoms with Gasteiger partial charge in [-0.05, 0) is 55.1 Å². The minimum absolute atomic E-state index is 0.0279. The van der Waals surface area contributed by atoms with Crippen molar-refractivity contribution in [2.75, 3.05) is 11.5 Å². The second-order valence-corrected chi connectivity index (χ2v) is 6.60. The van der Waals surface area contributed by atoms with Gasteiger partial charge in [0.05, 0.1) is 18.5 Å². The molecule has 2 heterocycles. The summed E-state index contributed by atoms with van der Waals surface area (Å²) < 4.78 is 5.36. The van der Waals surface area contributed by atoms with Gasteiger partial charge in [-0.25, -0.2) is 4.79 Å². The summed E-state index contributed by atoms with van der Waals surface area (Å²) in [5.74, 6) is 3.77. The van der Waals surface area contributed by atoms with E-state index in [0.717, 1.165) is 23.4 Å². The second-order valence-electron chi connectivity index (χ2n) is 6.60. The predicted molar refractivity (Wildman–Crippen MR) is 73.0 cm³/mol. The molecule has 1 aromatic heterocycles. The van der Waals surface area contributed by atoms with Crippen LogP contribution in [0.15, 0.2) is 24.5 Å². The third kappa shape index (κ3) is 1.11. The van der Waals surface area contributed by atoms with Gasteiger partial charge in [-0.3, -0.25) is 4.98 Å². The van der Waals surface area contributed by atoms with E-state index in [9.17, 15) is 4.79 Å². The van der Waals surface area contributed by atoms with Gasteiger partial charge >= 0.3 is 5.97 Å². The molecular weight excluding hydrogens is 252 g/mol. The lowest BCUT2D eigenvalue weighted by atomic mass is 9.93. The quantitative estimate of drug-likeness (QED) is 0.784. The molecule has 4 saturated carbocycles. The van der Waals surface area contributed by atoms with E-state index in [4.69, 9.17) is 4.74 Å². The lowest BCUT2D eigenvalue weighted by Gasteiger charge is -2.35. The van der Waals surface area contributed by atoms with E-state index in [1.165, 1.54) is 6.42 Å². The van der Waals surface area contributed by atoms with E-state index >= 15 is 0 Å². The largest absolute Gasteiger partial charge is 0.464 e. The zero-order valence-electron chi connectivity index (χ0n) is 11.5. The molecule has 6 bridgehead atoms. The maximum Gasteiger partial charge on any atom is 0.329 e. The summed E-state index contributed by atoms with van der Waals surface area (Å²) in [6.45, 7) is 2.36. The van der Waals surface area contributed by atoms with Gasteiger partial charge in [-0.2, -0.15) is 0 Å². The molecule has 0 aromatic carbocycles. The number of hydrogen-bond donors (Lipinski definition) is 0. The highest BCUT2D eigenvalue weighted by molar-refractivity contribution is 5.83. The molecule has 1 saturated heterocycles. The highest BCUT2D eigenvalue weighted by atomic mass is 16.5. The molecule has 4 nitrogen and oxygen atoms in total. The van der Waals surface area contributed by atoms with E-state index in [1.807, 2.05) is 19.2 Å². The standard InChI is InChI=1S/C16H18N2O2/c1-2-20-16(19)15-13-10-6-9-11(13)12(9)14(10)18(15)8-4-3-5-17-7-8/h3-5,7,9-15H,2,6H2,1H3/t9?,10?,11?,12?,13?,14?,15-/m0/s1. The summed E-state index contributed by atoms with van der Waals surface area (Å²) in [5.41, 5.74) is 1.09. The summed E-state index contributed by atoms with van der Waals surface area (Å²) >= 11 is 0. The molecule has 6 rings (SSSR count). The third-order valence-electron chi connectivity index (χ3n) is 6.07. The molecule has 5 fully saturated rings. The lowest BCUT2D eigenvalue weighted by molar-refractivity contribution is -0.146. The normalized spacial score (nSPS) is 45.9. The van der Waals surface area contributed by atoms with Crippen molar-refractivity contribution in [3.8, 4) is 0 Å². The van der Waals surface area contributed by atoms with Crippen molar-refractivity contribution < 1.29 is 9.53 Å². The Morgan fingerprint density at radius 2 is 2.30 bits per heavy atom. The van der Waals surface area contributed by atoms with Crippen molar-refractivity contribution in [2.24, 2.45) is 29.6 Å². The molecule has 1 aromatic rings. The van der Waals surface area contributed by atoms with Crippen LogP contribution in [0.1, 0.15) is 13.3 Å². The van der Waals surface area contributed by atoms with Crippen LogP contribution >= 0.6 is 0 Å². The number of esters is 1. The second kappa shape index (κ2) is 3.54. The molecule has 4 aliphatic carbocycles. The highest BCUT2D eigenvalue weighted by Crippen LogP contribution is 2.78. The number of nitrogens with zero attached hydrogens (tertiary/aromatic N) is 2. The highest BCUT2D eigenvalue weighted by Gasteiger charge is 2.81. The molecule has 4 heteroatoms. The molecule has 5 aliphatic rings. The van der Waals surface area contributed by atoms with Gasteiger partial charge in [-0.15, -0.1) is 0 Å². The zero-order valence-corrected chi connectivity index (χ0v) is 11.5. The van der Waals surface area contributed by atoms with Crippen molar-refractivity contribution in [1.29, 1.82) is 0 Å². The summed E-state index contributed by atoms with van der Waals surface area (Å²) in [5, 5.41) is 0. The van der Waals surface area contributed by atoms with E-state index < -0.39 is 0 Å². The van der Waals surface area contributed by atoms with Gasteiger partial charge in [0.25, 0.3) is 0 Å². The summed E-state index contributed by atoms with van der Waals surface area (Å²) in [6, 6.07) is 4.53. The monoisotopic (exact) mass is 270 g/mol. The predicted octanol–water partition coefficient (Wildman–Crippen LogP) is 1.71. The molecule has 0 radical (unpaired) electrons. The van der Waals surface area contributed by atoms with Crippen LogP contribution in [-0.4, -0.2) is 29.6 Å². The molecule has 7 atom stereocenters. The Morgan fingerprint density at radius 1 is 1.40 bits per heavy atom. The maximum atomic E-state index is 12.5. The molecule has 104 valence electrons. The van der Waals surface area contributed by atoms with Crippen LogP contribution in [0.5, 0.6) is 0 Å². The topological polar surface area (TPSA) is 42.4 Å². The SMILES string of the molecule is CCOC(=O)[C@@H]1C2C3CC4C2C4C3N1c1cccnc1. The van der Waals surface area contributed by atoms with Crippen LogP contribution in [0.3, 0.4) is 0 Å². The first kappa shape index (κ1) is 11.1. The van der Waals surface area contributed by atoms with Crippen molar-refractivity contribution in [3.05, 3.63) is 24.5 Å². The first-order chi connectivity index (χ1) is 9.83. The van der Waals surface area contributed by atoms with Gasteiger partial charge in [0, 0.05) is 12.2 Å². The van der Waals surface area contributed by atoms with Crippen LogP contribution in [0.25, 0.3) is 0 Å². The average molecular weight is 270 g/mol. The Balaban J connectivity index is 1.57. The Kier molecular flexibility index (Phi) is 1.97. The number of hydrogen-bond acceptors (Lipinski definition) is 4. The van der Waals surface area contributed by atoms with Gasteiger partial charge in [0.15, 0.2) is 0 Å². The van der Waals surface area contributed by atoms with Gasteiger partial charge < -0.3 is 9.64 Å². The zero-order chi connectivity index (χ0) is 13.4. The summed E-state index contributed by atoms with van der Waals surface area (Å²) in [4.78, 5) is 19.0. The molecule has 0 spiro atoms. The molecular formula is C16H18N2O2. The Labute approximate surface area is 118 Å². The van der Waals surface area contributed by atoms with Gasteiger partial charge in [0.2, 0.25) is 0 Å². The number of anilines is 1. The maximum absolute atomic E-state index is 12.5. The average Bonchev–Trinajstić information content (AvgIpc) is 2.84. The number of carbonyl (C=O) groups is 1. The Bertz CT molecular complexity index is 575. The fourth-order valence-electron chi connectivity index (χ4n) is 5.72. The minimum Gasteiger partial charge on any atom is -0.464 e. The van der Waals surface area contributed by atoms with Gasteiger partial charge in [0.1, 0.15) is 6.04 Å². The fraction of sp³-hybridized carbons (Fsp3) is 0.625. The Hall–Kier alpha value is -1.58. The molecule has 20 heavy (non-hydrogen) atoms. The molecule has 1 aliphatic heterocycles. The van der Waals surface area contributed by atoms with E-state index in [2.05, 4.69) is 16.0 Å². The number of ether oxygens (including phenoxy) is 1. The molecule has 0 N–H and O–H groups in total. The third-order valence-corrected chi connectivity index (χ3v) is 6.07. The van der Waals surface area contributed by atoms with Crippen molar-refractivity contribution >= 4 is 11.7 Å². The smallest absolute Gasteiger partial charge is 0.329 e. The number of rotatable bonds is 3. The van der Waals surface area contributed by atoms with Crippen LogP contribution in [0, 0.1) is 29.6 Å². The van der Waals surface area contributed by atoms with Crippen LogP contribution in [0.4, 0.5) is 5.69 Å². The first-order valence-corrected chi connectivity index (χ1v) is 7.68. The van der Waals surface area contributed by atoms with Crippen LogP contribution in [-0.2, 0) is 9.53 Å². The first-order valence-electron chi connectivity index (χ1n) is 7.68. The van der Waals surface area contributed by atoms with E-state index in [0.29, 0.717) is 24.5 Å². The molecule has 6 unspecified atom stereocenters. The fourth-order valence-corrected chi connectivity index (χ4v) is 5.72. The number of piperidine rings is 1. The summed E-state index contributed by atoms with van der Waals surface area (Å²) in [6.07, 6.45) is 5.01. The van der Waals surface area contributed by atoms with Crippen molar-refractivity contribution in [1.82, 2.24) is 4.98 Å². The lowest BCUT2D eigenvalue weighted by Crippen LogP contribution is -2.48. The number of aromatic nitrogens is 1. The molecule has 0 amide bonds. The van der Waals surface area contributed by atoms with Crippen molar-refractivity contribution in [3.63, 3.8) is 0 Å². The van der Waals surface area contributed by atoms with E-state index in [-0.39, 0.29) is 12.0 Å². The van der Waals surface area contributed by atoms with Crippen LogP contribution in [0.2, 0.25) is 0 Å². The summed E-state index contributed by atoms with van der Waals surface area (Å²) in [7, 11) is 0. The minimum atomic E-state index is -0.0668. The number of pyridine rings is 1. The van der Waals surface area contributed by atoms with Gasteiger partial charge in [-0.1, -0.05) is 0 Å². The Morgan fingerprint density at radius 3 is 3.00 bits per heavy atom.